The lowest BCUT2D eigenvalue weighted by Crippen LogP contribution is -2.44. The normalized spacial score (nSPS) is 15.7. The average Bonchev–Trinajstić information content (AvgIpc) is 2.63. The summed E-state index contributed by atoms with van der Waals surface area (Å²) in [5, 5.41) is 6.88. The van der Waals surface area contributed by atoms with Crippen LogP contribution < -0.4 is 9.64 Å². The molecule has 23 heavy (non-hydrogen) atoms. The lowest BCUT2D eigenvalue weighted by molar-refractivity contribution is 0.269. The molecule has 5 nitrogen and oxygen atoms in total. The van der Waals surface area contributed by atoms with Crippen LogP contribution in [0.5, 0.6) is 5.75 Å². The van der Waals surface area contributed by atoms with E-state index < -0.39 is 0 Å². The summed E-state index contributed by atoms with van der Waals surface area (Å²) >= 11 is 0. The SMILES string of the molecule is COc1ccccc1N1CCN(N=C(C)c2ccncc2)CC1. The van der Waals surface area contributed by atoms with Gasteiger partial charge in [-0.2, -0.15) is 5.10 Å². The molecule has 1 aliphatic heterocycles. The predicted octanol–water partition coefficient (Wildman–Crippen LogP) is 2.64. The molecule has 0 bridgehead atoms. The molecule has 5 heteroatoms. The Labute approximate surface area is 137 Å². The maximum absolute atomic E-state index is 5.46. The zero-order valence-corrected chi connectivity index (χ0v) is 13.6. The second-order valence-electron chi connectivity index (χ2n) is 5.53. The van der Waals surface area contributed by atoms with E-state index in [4.69, 9.17) is 9.84 Å². The Morgan fingerprint density at radius 1 is 1.04 bits per heavy atom. The highest BCUT2D eigenvalue weighted by molar-refractivity contribution is 5.98. The van der Waals surface area contributed by atoms with Crippen molar-refractivity contribution in [1.82, 2.24) is 9.99 Å². The Balaban J connectivity index is 1.65. The van der Waals surface area contributed by atoms with Crippen LogP contribution in [0.25, 0.3) is 0 Å². The maximum atomic E-state index is 5.46. The fourth-order valence-corrected chi connectivity index (χ4v) is 2.79. The van der Waals surface area contributed by atoms with Gasteiger partial charge in [0.25, 0.3) is 0 Å². The van der Waals surface area contributed by atoms with Crippen LogP contribution in [0.3, 0.4) is 0 Å². The van der Waals surface area contributed by atoms with Crippen molar-refractivity contribution in [3.8, 4) is 5.75 Å². The molecule has 1 aliphatic rings. The van der Waals surface area contributed by atoms with E-state index in [2.05, 4.69) is 27.0 Å². The number of aromatic nitrogens is 1. The van der Waals surface area contributed by atoms with Crippen molar-refractivity contribution < 1.29 is 4.74 Å². The van der Waals surface area contributed by atoms with E-state index in [-0.39, 0.29) is 0 Å². The molecule has 1 saturated heterocycles. The third-order valence-electron chi connectivity index (χ3n) is 4.07. The number of piperazine rings is 1. The first-order valence-corrected chi connectivity index (χ1v) is 7.86. The number of methoxy groups -OCH3 is 1. The molecule has 0 unspecified atom stereocenters. The molecule has 0 saturated carbocycles. The molecule has 0 aliphatic carbocycles. The first-order valence-electron chi connectivity index (χ1n) is 7.86. The zero-order valence-electron chi connectivity index (χ0n) is 13.6. The highest BCUT2D eigenvalue weighted by Crippen LogP contribution is 2.28. The third-order valence-corrected chi connectivity index (χ3v) is 4.07. The largest absolute Gasteiger partial charge is 0.495 e. The maximum Gasteiger partial charge on any atom is 0.142 e. The van der Waals surface area contributed by atoms with Crippen molar-refractivity contribution in [3.63, 3.8) is 0 Å². The van der Waals surface area contributed by atoms with Crippen LogP contribution in [0, 0.1) is 0 Å². The van der Waals surface area contributed by atoms with Gasteiger partial charge in [0.2, 0.25) is 0 Å². The van der Waals surface area contributed by atoms with E-state index >= 15 is 0 Å². The number of anilines is 1. The molecule has 1 fully saturated rings. The van der Waals surface area contributed by atoms with Gasteiger partial charge in [0, 0.05) is 31.0 Å². The Hall–Kier alpha value is -2.56. The number of pyridine rings is 1. The molecular formula is C18H22N4O. The van der Waals surface area contributed by atoms with Gasteiger partial charge in [-0.3, -0.25) is 9.99 Å². The second-order valence-corrected chi connectivity index (χ2v) is 5.53. The summed E-state index contributed by atoms with van der Waals surface area (Å²) in [6.07, 6.45) is 3.60. The topological polar surface area (TPSA) is 41.0 Å². The molecule has 0 amide bonds. The van der Waals surface area contributed by atoms with Gasteiger partial charge in [-0.1, -0.05) is 12.1 Å². The Kier molecular flexibility index (Phi) is 4.76. The number of rotatable bonds is 4. The number of benzene rings is 1. The lowest BCUT2D eigenvalue weighted by atomic mass is 10.2. The van der Waals surface area contributed by atoms with Crippen LogP contribution in [0.4, 0.5) is 5.69 Å². The van der Waals surface area contributed by atoms with Gasteiger partial charge in [0.1, 0.15) is 5.75 Å². The minimum atomic E-state index is 0.903. The highest BCUT2D eigenvalue weighted by atomic mass is 16.5. The predicted molar refractivity (Wildman–Crippen MR) is 93.2 cm³/mol. The molecule has 1 aromatic heterocycles. The van der Waals surface area contributed by atoms with Crippen molar-refractivity contribution >= 4 is 11.4 Å². The first-order chi connectivity index (χ1) is 11.3. The summed E-state index contributed by atoms with van der Waals surface area (Å²) in [4.78, 5) is 6.40. The highest BCUT2D eigenvalue weighted by Gasteiger charge is 2.18. The molecule has 2 heterocycles. The van der Waals surface area contributed by atoms with Crippen LogP contribution in [-0.2, 0) is 0 Å². The van der Waals surface area contributed by atoms with Crippen molar-refractivity contribution in [2.45, 2.75) is 6.92 Å². The molecule has 120 valence electrons. The van der Waals surface area contributed by atoms with E-state index in [1.807, 2.05) is 31.2 Å². The molecule has 1 aromatic carbocycles. The number of para-hydroxylation sites is 2. The fraction of sp³-hybridized carbons (Fsp3) is 0.333. The van der Waals surface area contributed by atoms with Crippen LogP contribution >= 0.6 is 0 Å². The van der Waals surface area contributed by atoms with E-state index in [9.17, 15) is 0 Å². The van der Waals surface area contributed by atoms with Crippen LogP contribution in [0.15, 0.2) is 53.9 Å². The monoisotopic (exact) mass is 310 g/mol. The van der Waals surface area contributed by atoms with Gasteiger partial charge >= 0.3 is 0 Å². The van der Waals surface area contributed by atoms with Gasteiger partial charge in [0.05, 0.1) is 31.6 Å². The smallest absolute Gasteiger partial charge is 0.142 e. The summed E-state index contributed by atoms with van der Waals surface area (Å²) in [5.74, 6) is 0.928. The Bertz CT molecular complexity index is 664. The number of hydrogen-bond donors (Lipinski definition) is 0. The molecule has 0 radical (unpaired) electrons. The Morgan fingerprint density at radius 3 is 2.43 bits per heavy atom. The summed E-state index contributed by atoms with van der Waals surface area (Å²) in [6, 6.07) is 12.2. The van der Waals surface area contributed by atoms with E-state index in [0.717, 1.165) is 48.9 Å². The fourth-order valence-electron chi connectivity index (χ4n) is 2.79. The van der Waals surface area contributed by atoms with E-state index in [0.29, 0.717) is 0 Å². The number of ether oxygens (including phenoxy) is 1. The number of hydrogen-bond acceptors (Lipinski definition) is 5. The van der Waals surface area contributed by atoms with Gasteiger partial charge < -0.3 is 9.64 Å². The minimum Gasteiger partial charge on any atom is -0.495 e. The van der Waals surface area contributed by atoms with Gasteiger partial charge in [0.15, 0.2) is 0 Å². The zero-order chi connectivity index (χ0) is 16.1. The van der Waals surface area contributed by atoms with Crippen LogP contribution in [0.1, 0.15) is 12.5 Å². The standard InChI is InChI=1S/C18H22N4O/c1-15(16-7-9-19-10-8-16)20-22-13-11-21(12-14-22)17-5-3-4-6-18(17)23-2/h3-10H,11-14H2,1-2H3. The molecule has 0 N–H and O–H groups in total. The molecule has 0 atom stereocenters. The van der Waals surface area contributed by atoms with Crippen molar-refractivity contribution in [1.29, 1.82) is 0 Å². The van der Waals surface area contributed by atoms with Crippen molar-refractivity contribution in [2.75, 3.05) is 38.2 Å². The van der Waals surface area contributed by atoms with Crippen molar-refractivity contribution in [3.05, 3.63) is 54.4 Å². The lowest BCUT2D eigenvalue weighted by Gasteiger charge is -2.35. The summed E-state index contributed by atoms with van der Waals surface area (Å²) in [7, 11) is 1.72. The van der Waals surface area contributed by atoms with Gasteiger partial charge in [-0.05, 0) is 31.2 Å². The summed E-state index contributed by atoms with van der Waals surface area (Å²) in [5.41, 5.74) is 3.30. The van der Waals surface area contributed by atoms with Gasteiger partial charge in [-0.15, -0.1) is 0 Å². The molecule has 3 rings (SSSR count). The second kappa shape index (κ2) is 7.13. The summed E-state index contributed by atoms with van der Waals surface area (Å²) < 4.78 is 5.46. The van der Waals surface area contributed by atoms with Gasteiger partial charge in [-0.25, -0.2) is 0 Å². The number of nitrogens with zero attached hydrogens (tertiary/aromatic N) is 4. The van der Waals surface area contributed by atoms with Crippen LogP contribution in [0.2, 0.25) is 0 Å². The number of hydrazone groups is 1. The molecule has 0 spiro atoms. The molecule has 2 aromatic rings. The van der Waals surface area contributed by atoms with Crippen LogP contribution in [-0.4, -0.2) is 49.0 Å². The van der Waals surface area contributed by atoms with E-state index in [1.54, 1.807) is 19.5 Å². The quantitative estimate of drug-likeness (QED) is 0.814. The first kappa shape index (κ1) is 15.3. The molecular weight excluding hydrogens is 288 g/mol. The summed E-state index contributed by atoms with van der Waals surface area (Å²) in [6.45, 7) is 5.73. The Morgan fingerprint density at radius 2 is 1.74 bits per heavy atom. The minimum absolute atomic E-state index is 0.903. The van der Waals surface area contributed by atoms with E-state index in [1.165, 1.54) is 0 Å². The van der Waals surface area contributed by atoms with Crippen molar-refractivity contribution in [2.24, 2.45) is 5.10 Å². The average molecular weight is 310 g/mol. The third kappa shape index (κ3) is 3.62.